The summed E-state index contributed by atoms with van der Waals surface area (Å²) >= 11 is 0. The Morgan fingerprint density at radius 3 is 2.57 bits per heavy atom. The Labute approximate surface area is 157 Å². The van der Waals surface area contributed by atoms with Crippen LogP contribution in [0, 0.1) is 0 Å². The van der Waals surface area contributed by atoms with Crippen LogP contribution < -0.4 is 10.2 Å². The predicted octanol–water partition coefficient (Wildman–Crippen LogP) is 2.26. The molecule has 0 aliphatic carbocycles. The number of alkyl halides is 5. The molecule has 0 radical (unpaired) electrons. The number of likely N-dealkylation sites (tertiary alicyclic amines) is 1. The monoisotopic (exact) mass is 409 g/mol. The average molecular weight is 409 g/mol. The zero-order valence-electron chi connectivity index (χ0n) is 15.4. The smallest absolute Gasteiger partial charge is 0.358 e. The van der Waals surface area contributed by atoms with Gasteiger partial charge >= 0.3 is 6.36 Å². The van der Waals surface area contributed by atoms with Crippen molar-refractivity contribution < 1.29 is 31.5 Å². The van der Waals surface area contributed by atoms with Gasteiger partial charge in [-0.25, -0.2) is 18.7 Å². The second kappa shape index (κ2) is 6.98. The highest BCUT2D eigenvalue weighted by molar-refractivity contribution is 5.85. The highest BCUT2D eigenvalue weighted by Crippen LogP contribution is 2.37. The molecule has 12 heteroatoms. The minimum atomic E-state index is -4.75. The van der Waals surface area contributed by atoms with Crippen molar-refractivity contribution in [2.75, 3.05) is 23.3 Å². The molecule has 2 aliphatic heterocycles. The maximum absolute atomic E-state index is 13.4. The molecule has 1 aromatic heterocycles. The third-order valence-corrected chi connectivity index (χ3v) is 5.12. The van der Waals surface area contributed by atoms with E-state index in [1.807, 2.05) is 0 Å². The van der Waals surface area contributed by atoms with Crippen LogP contribution in [0.25, 0.3) is 0 Å². The molecule has 0 bridgehead atoms. The average Bonchev–Trinajstić information content (AvgIpc) is 2.61. The summed E-state index contributed by atoms with van der Waals surface area (Å²) in [6.45, 7) is 3.77. The van der Waals surface area contributed by atoms with Crippen LogP contribution in [0.15, 0.2) is 12.4 Å². The molecule has 28 heavy (non-hydrogen) atoms. The predicted molar refractivity (Wildman–Crippen MR) is 89.0 cm³/mol. The fourth-order valence-electron chi connectivity index (χ4n) is 3.18. The molecule has 4 atom stereocenters. The SMILES string of the molecule is C[C@@H](Nc1cc(N2CC(F)(F)[C@H]2C)ncn1)C(=O)N1C[C@H](OC(F)(F)F)[C@@H]1C. The third kappa shape index (κ3) is 3.96. The van der Waals surface area contributed by atoms with Gasteiger partial charge in [0, 0.05) is 12.6 Å². The van der Waals surface area contributed by atoms with Gasteiger partial charge in [0.25, 0.3) is 5.92 Å². The van der Waals surface area contributed by atoms with Crippen molar-refractivity contribution in [3.05, 3.63) is 12.4 Å². The fourth-order valence-corrected chi connectivity index (χ4v) is 3.18. The number of carbonyl (C=O) groups excluding carboxylic acids is 1. The van der Waals surface area contributed by atoms with Crippen LogP contribution in [0.5, 0.6) is 0 Å². The summed E-state index contributed by atoms with van der Waals surface area (Å²) in [4.78, 5) is 23.1. The number of ether oxygens (including phenoxy) is 1. The summed E-state index contributed by atoms with van der Waals surface area (Å²) in [5.74, 6) is -2.65. The van der Waals surface area contributed by atoms with Crippen molar-refractivity contribution in [3.63, 3.8) is 0 Å². The normalized spacial score (nSPS) is 27.6. The lowest BCUT2D eigenvalue weighted by Crippen LogP contribution is -2.65. The van der Waals surface area contributed by atoms with Gasteiger partial charge in [-0.1, -0.05) is 0 Å². The van der Waals surface area contributed by atoms with Crippen molar-refractivity contribution in [3.8, 4) is 0 Å². The molecule has 7 nitrogen and oxygen atoms in total. The van der Waals surface area contributed by atoms with Gasteiger partial charge in [0.2, 0.25) is 5.91 Å². The van der Waals surface area contributed by atoms with E-state index in [1.165, 1.54) is 43.0 Å². The van der Waals surface area contributed by atoms with E-state index in [0.717, 1.165) is 0 Å². The molecule has 2 aliphatic rings. The molecule has 0 unspecified atom stereocenters. The van der Waals surface area contributed by atoms with Crippen molar-refractivity contribution >= 4 is 17.5 Å². The van der Waals surface area contributed by atoms with E-state index < -0.39 is 49.0 Å². The summed E-state index contributed by atoms with van der Waals surface area (Å²) in [5.41, 5.74) is 0. The Hall–Kier alpha value is -2.24. The summed E-state index contributed by atoms with van der Waals surface area (Å²) in [6.07, 6.45) is -4.66. The number of halogens is 5. The van der Waals surface area contributed by atoms with Crippen molar-refractivity contribution in [2.24, 2.45) is 0 Å². The van der Waals surface area contributed by atoms with E-state index in [1.54, 1.807) is 0 Å². The number of hydrogen-bond acceptors (Lipinski definition) is 6. The molecule has 3 heterocycles. The first kappa shape index (κ1) is 20.5. The van der Waals surface area contributed by atoms with Crippen molar-refractivity contribution in [1.29, 1.82) is 0 Å². The van der Waals surface area contributed by atoms with Gasteiger partial charge in [-0.05, 0) is 20.8 Å². The first-order valence-electron chi connectivity index (χ1n) is 8.67. The number of rotatable bonds is 5. The van der Waals surface area contributed by atoms with E-state index in [2.05, 4.69) is 20.0 Å². The molecule has 156 valence electrons. The number of carbonyl (C=O) groups is 1. The highest BCUT2D eigenvalue weighted by atomic mass is 19.4. The van der Waals surface area contributed by atoms with Crippen LogP contribution in [-0.4, -0.2) is 70.4 Å². The van der Waals surface area contributed by atoms with Crippen LogP contribution >= 0.6 is 0 Å². The highest BCUT2D eigenvalue weighted by Gasteiger charge is 2.52. The molecule has 3 rings (SSSR count). The minimum Gasteiger partial charge on any atom is -0.358 e. The van der Waals surface area contributed by atoms with Crippen LogP contribution in [-0.2, 0) is 9.53 Å². The van der Waals surface area contributed by atoms with E-state index >= 15 is 0 Å². The largest absolute Gasteiger partial charge is 0.522 e. The van der Waals surface area contributed by atoms with Crippen LogP contribution in [0.3, 0.4) is 0 Å². The lowest BCUT2D eigenvalue weighted by molar-refractivity contribution is -0.359. The van der Waals surface area contributed by atoms with Crippen LogP contribution in [0.4, 0.5) is 33.6 Å². The molecule has 2 fully saturated rings. The zero-order valence-corrected chi connectivity index (χ0v) is 15.4. The third-order valence-electron chi connectivity index (χ3n) is 5.12. The van der Waals surface area contributed by atoms with Crippen molar-refractivity contribution in [1.82, 2.24) is 14.9 Å². The van der Waals surface area contributed by atoms with Crippen molar-refractivity contribution in [2.45, 2.75) is 57.3 Å². The van der Waals surface area contributed by atoms with Gasteiger partial charge in [-0.2, -0.15) is 0 Å². The maximum atomic E-state index is 13.4. The van der Waals surface area contributed by atoms with E-state index in [9.17, 15) is 26.7 Å². The maximum Gasteiger partial charge on any atom is 0.522 e. The topological polar surface area (TPSA) is 70.6 Å². The molecular formula is C16H20F5N5O2. The number of aromatic nitrogens is 2. The van der Waals surface area contributed by atoms with Gasteiger partial charge < -0.3 is 15.1 Å². The zero-order chi connectivity index (χ0) is 20.9. The molecule has 0 saturated carbocycles. The molecule has 1 aromatic rings. The number of amides is 1. The molecule has 1 N–H and O–H groups in total. The van der Waals surface area contributed by atoms with E-state index in [-0.39, 0.29) is 12.4 Å². The van der Waals surface area contributed by atoms with Crippen LogP contribution in [0.1, 0.15) is 20.8 Å². The van der Waals surface area contributed by atoms with Gasteiger partial charge in [-0.15, -0.1) is 13.2 Å². The Kier molecular flexibility index (Phi) is 5.11. The summed E-state index contributed by atoms with van der Waals surface area (Å²) in [6, 6.07) is -1.05. The Balaban J connectivity index is 1.57. The van der Waals surface area contributed by atoms with Gasteiger partial charge in [0.15, 0.2) is 0 Å². The lowest BCUT2D eigenvalue weighted by atomic mass is 9.99. The van der Waals surface area contributed by atoms with Gasteiger partial charge in [0.05, 0.1) is 18.6 Å². The molecule has 1 amide bonds. The molecular weight excluding hydrogens is 389 g/mol. The first-order valence-corrected chi connectivity index (χ1v) is 8.67. The molecule has 2 saturated heterocycles. The molecule has 0 aromatic carbocycles. The Morgan fingerprint density at radius 1 is 1.36 bits per heavy atom. The number of anilines is 2. The second-order valence-corrected chi connectivity index (χ2v) is 7.03. The number of hydrogen-bond donors (Lipinski definition) is 1. The van der Waals surface area contributed by atoms with E-state index in [0.29, 0.717) is 5.82 Å². The van der Waals surface area contributed by atoms with Gasteiger partial charge in [-0.3, -0.25) is 9.53 Å². The standard InChI is InChI=1S/C16H20F5N5O2/c1-8(14(27)25-5-11(9(25)2)28-16(19,20)21)24-12-4-13(23-7-22-12)26-6-15(17,18)10(26)3/h4,7-11H,5-6H2,1-3H3,(H,22,23,24)/t8-,9+,10-,11+/m1/s1. The summed E-state index contributed by atoms with van der Waals surface area (Å²) in [5, 5.41) is 2.83. The second-order valence-electron chi connectivity index (χ2n) is 7.03. The van der Waals surface area contributed by atoms with Crippen LogP contribution in [0.2, 0.25) is 0 Å². The minimum absolute atomic E-state index is 0.166. The number of nitrogens with zero attached hydrogens (tertiary/aromatic N) is 4. The quantitative estimate of drug-likeness (QED) is 0.753. The first-order chi connectivity index (χ1) is 12.9. The van der Waals surface area contributed by atoms with E-state index in [4.69, 9.17) is 0 Å². The number of nitrogens with one attached hydrogen (secondary N) is 1. The summed E-state index contributed by atoms with van der Waals surface area (Å²) < 4.78 is 67.5. The fraction of sp³-hybridized carbons (Fsp3) is 0.688. The van der Waals surface area contributed by atoms with Gasteiger partial charge in [0.1, 0.15) is 30.1 Å². The Morgan fingerprint density at radius 2 is 2.04 bits per heavy atom. The molecule has 0 spiro atoms. The summed E-state index contributed by atoms with van der Waals surface area (Å²) in [7, 11) is 0. The lowest BCUT2D eigenvalue weighted by Gasteiger charge is -2.47. The Bertz CT molecular complexity index is 746.